The summed E-state index contributed by atoms with van der Waals surface area (Å²) in [5.41, 5.74) is 3.36. The molecule has 7 heteroatoms. The van der Waals surface area contributed by atoms with Crippen LogP contribution in [0.25, 0.3) is 0 Å². The maximum atomic E-state index is 12.7. The van der Waals surface area contributed by atoms with Crippen LogP contribution in [0.5, 0.6) is 5.75 Å². The molecular weight excluding hydrogens is 424 g/mol. The van der Waals surface area contributed by atoms with Gasteiger partial charge in [0.1, 0.15) is 12.4 Å². The van der Waals surface area contributed by atoms with Gasteiger partial charge in [-0.3, -0.25) is 4.79 Å². The first-order valence-corrected chi connectivity index (χ1v) is 13.0. The zero-order valence-electron chi connectivity index (χ0n) is 19.0. The first kappa shape index (κ1) is 24.3. The third-order valence-electron chi connectivity index (χ3n) is 5.93. The highest BCUT2D eigenvalue weighted by atomic mass is 32.2. The Balaban J connectivity index is 1.35. The Morgan fingerprint density at radius 1 is 1.09 bits per heavy atom. The van der Waals surface area contributed by atoms with Crippen LogP contribution in [0.15, 0.2) is 48.5 Å². The first-order valence-electron chi connectivity index (χ1n) is 11.3. The fourth-order valence-corrected chi connectivity index (χ4v) is 5.51. The Hall–Kier alpha value is -2.38. The highest BCUT2D eigenvalue weighted by Gasteiger charge is 2.30. The molecular formula is C25H34N2O4S. The molecule has 0 aromatic heterocycles. The van der Waals surface area contributed by atoms with Crippen LogP contribution in [0.4, 0.5) is 0 Å². The number of ether oxygens (including phenoxy) is 1. The van der Waals surface area contributed by atoms with Crippen molar-refractivity contribution in [2.24, 2.45) is 5.92 Å². The van der Waals surface area contributed by atoms with Gasteiger partial charge in [0.05, 0.1) is 12.3 Å². The van der Waals surface area contributed by atoms with Gasteiger partial charge in [0.2, 0.25) is 15.9 Å². The second-order valence-electron chi connectivity index (χ2n) is 8.49. The van der Waals surface area contributed by atoms with Gasteiger partial charge in [-0.2, -0.15) is 0 Å². The minimum atomic E-state index is -3.28. The fourth-order valence-electron chi connectivity index (χ4n) is 3.97. The Labute approximate surface area is 192 Å². The lowest BCUT2D eigenvalue weighted by Crippen LogP contribution is -2.44. The number of aryl methyl sites for hydroxylation is 3. The van der Waals surface area contributed by atoms with Crippen LogP contribution in [-0.2, 0) is 21.2 Å². The summed E-state index contributed by atoms with van der Waals surface area (Å²) in [4.78, 5) is 12.5. The zero-order valence-corrected chi connectivity index (χ0v) is 19.9. The van der Waals surface area contributed by atoms with E-state index in [1.54, 1.807) is 4.31 Å². The maximum Gasteiger partial charge on any atom is 0.223 e. The lowest BCUT2D eigenvalue weighted by atomic mass is 9.97. The molecule has 0 unspecified atom stereocenters. The predicted octanol–water partition coefficient (Wildman–Crippen LogP) is 3.47. The number of nitrogens with zero attached hydrogens (tertiary/aromatic N) is 1. The SMILES string of the molecule is Cc1ccc(C)c(OCCNC(=O)C2CCN(S(=O)(=O)CCCc3ccccc3)CC2)c1. The van der Waals surface area contributed by atoms with E-state index in [1.807, 2.05) is 62.4 Å². The van der Waals surface area contributed by atoms with Crippen molar-refractivity contribution < 1.29 is 17.9 Å². The smallest absolute Gasteiger partial charge is 0.223 e. The molecule has 0 saturated carbocycles. The minimum Gasteiger partial charge on any atom is -0.491 e. The lowest BCUT2D eigenvalue weighted by molar-refractivity contribution is -0.126. The maximum absolute atomic E-state index is 12.7. The van der Waals surface area contributed by atoms with E-state index in [4.69, 9.17) is 4.74 Å². The van der Waals surface area contributed by atoms with Gasteiger partial charge in [0, 0.05) is 19.0 Å². The van der Waals surface area contributed by atoms with Crippen molar-refractivity contribution in [3.05, 3.63) is 65.2 Å². The Bertz CT molecular complexity index is 984. The highest BCUT2D eigenvalue weighted by molar-refractivity contribution is 7.89. The van der Waals surface area contributed by atoms with Crippen molar-refractivity contribution in [2.75, 3.05) is 32.0 Å². The average molecular weight is 459 g/mol. The van der Waals surface area contributed by atoms with Crippen molar-refractivity contribution in [1.82, 2.24) is 9.62 Å². The predicted molar refractivity (Wildman–Crippen MR) is 127 cm³/mol. The van der Waals surface area contributed by atoms with Crippen molar-refractivity contribution in [3.63, 3.8) is 0 Å². The Kier molecular flexibility index (Phi) is 8.70. The van der Waals surface area contributed by atoms with E-state index in [-0.39, 0.29) is 17.6 Å². The van der Waals surface area contributed by atoms with Gasteiger partial charge in [-0.05, 0) is 62.3 Å². The average Bonchev–Trinajstić information content (AvgIpc) is 2.79. The normalized spacial score (nSPS) is 15.4. The monoisotopic (exact) mass is 458 g/mol. The number of benzene rings is 2. The van der Waals surface area contributed by atoms with Gasteiger partial charge in [0.15, 0.2) is 0 Å². The van der Waals surface area contributed by atoms with Crippen LogP contribution >= 0.6 is 0 Å². The van der Waals surface area contributed by atoms with Crippen LogP contribution in [-0.4, -0.2) is 50.6 Å². The quantitative estimate of drug-likeness (QED) is 0.553. The van der Waals surface area contributed by atoms with Gasteiger partial charge in [-0.25, -0.2) is 12.7 Å². The summed E-state index contributed by atoms with van der Waals surface area (Å²) in [6.45, 7) is 5.67. The number of carbonyl (C=O) groups is 1. The van der Waals surface area contributed by atoms with Gasteiger partial charge < -0.3 is 10.1 Å². The molecule has 1 aliphatic heterocycles. The van der Waals surface area contributed by atoms with Gasteiger partial charge in [0.25, 0.3) is 0 Å². The standard InChI is InChI=1S/C25H34N2O4S/c1-20-10-11-21(2)24(19-20)31-17-14-26-25(28)23-12-15-27(16-13-23)32(29,30)18-6-9-22-7-4-3-5-8-22/h3-5,7-8,10-11,19,23H,6,9,12-18H2,1-2H3,(H,26,28). The third kappa shape index (κ3) is 7.07. The van der Waals surface area contributed by atoms with Crippen LogP contribution in [0.2, 0.25) is 0 Å². The van der Waals surface area contributed by atoms with Gasteiger partial charge in [-0.1, -0.05) is 42.5 Å². The summed E-state index contributed by atoms with van der Waals surface area (Å²) in [6.07, 6.45) is 2.47. The summed E-state index contributed by atoms with van der Waals surface area (Å²) in [5.74, 6) is 0.821. The molecule has 1 aliphatic rings. The number of piperidine rings is 1. The molecule has 2 aromatic rings. The fraction of sp³-hybridized carbons (Fsp3) is 0.480. The summed E-state index contributed by atoms with van der Waals surface area (Å²) in [5, 5.41) is 2.93. The molecule has 0 atom stereocenters. The highest BCUT2D eigenvalue weighted by Crippen LogP contribution is 2.21. The number of nitrogens with one attached hydrogen (secondary N) is 1. The van der Waals surface area contributed by atoms with Gasteiger partial charge in [-0.15, -0.1) is 0 Å². The van der Waals surface area contributed by atoms with E-state index in [0.29, 0.717) is 45.5 Å². The molecule has 1 N–H and O–H groups in total. The van der Waals surface area contributed by atoms with Crippen molar-refractivity contribution in [2.45, 2.75) is 39.5 Å². The molecule has 0 aliphatic carbocycles. The number of hydrogen-bond donors (Lipinski definition) is 1. The first-order chi connectivity index (χ1) is 15.3. The topological polar surface area (TPSA) is 75.7 Å². The molecule has 2 aromatic carbocycles. The lowest BCUT2D eigenvalue weighted by Gasteiger charge is -2.30. The van der Waals surface area contributed by atoms with Gasteiger partial charge >= 0.3 is 0 Å². The van der Waals surface area contributed by atoms with E-state index in [0.717, 1.165) is 28.9 Å². The number of sulfonamides is 1. The molecule has 32 heavy (non-hydrogen) atoms. The van der Waals surface area contributed by atoms with Crippen LogP contribution in [0.1, 0.15) is 36.0 Å². The third-order valence-corrected chi connectivity index (χ3v) is 7.89. The van der Waals surface area contributed by atoms with Crippen LogP contribution in [0, 0.1) is 19.8 Å². The van der Waals surface area contributed by atoms with E-state index in [9.17, 15) is 13.2 Å². The zero-order chi connectivity index (χ0) is 23.0. The van der Waals surface area contributed by atoms with E-state index < -0.39 is 10.0 Å². The Morgan fingerprint density at radius 2 is 1.81 bits per heavy atom. The summed E-state index contributed by atoms with van der Waals surface area (Å²) in [6, 6.07) is 16.0. The molecule has 1 fully saturated rings. The molecule has 0 bridgehead atoms. The second-order valence-corrected chi connectivity index (χ2v) is 10.6. The van der Waals surface area contributed by atoms with Crippen LogP contribution < -0.4 is 10.1 Å². The molecule has 1 heterocycles. The molecule has 3 rings (SSSR count). The molecule has 1 amide bonds. The number of carbonyl (C=O) groups excluding carboxylic acids is 1. The van der Waals surface area contributed by atoms with E-state index in [2.05, 4.69) is 5.32 Å². The van der Waals surface area contributed by atoms with Crippen LogP contribution in [0.3, 0.4) is 0 Å². The molecule has 1 saturated heterocycles. The summed E-state index contributed by atoms with van der Waals surface area (Å²) >= 11 is 0. The molecule has 0 spiro atoms. The number of amides is 1. The minimum absolute atomic E-state index is 0.0179. The van der Waals surface area contributed by atoms with Crippen molar-refractivity contribution in [1.29, 1.82) is 0 Å². The summed E-state index contributed by atoms with van der Waals surface area (Å²) in [7, 11) is -3.28. The second kappa shape index (κ2) is 11.5. The van der Waals surface area contributed by atoms with E-state index >= 15 is 0 Å². The molecule has 174 valence electrons. The largest absolute Gasteiger partial charge is 0.491 e. The number of rotatable bonds is 10. The number of hydrogen-bond acceptors (Lipinski definition) is 4. The molecule has 0 radical (unpaired) electrons. The Morgan fingerprint density at radius 3 is 2.53 bits per heavy atom. The summed E-state index contributed by atoms with van der Waals surface area (Å²) < 4.78 is 32.6. The van der Waals surface area contributed by atoms with Crippen molar-refractivity contribution >= 4 is 15.9 Å². The van der Waals surface area contributed by atoms with E-state index in [1.165, 1.54) is 0 Å². The molecule has 6 nitrogen and oxygen atoms in total. The van der Waals surface area contributed by atoms with Crippen molar-refractivity contribution in [3.8, 4) is 5.75 Å².